The van der Waals surface area contributed by atoms with Crippen LogP contribution >= 0.6 is 0 Å². The molecule has 0 amide bonds. The minimum absolute atomic E-state index is 0.0212. The van der Waals surface area contributed by atoms with Crippen molar-refractivity contribution < 1.29 is 23.8 Å². The smallest absolute Gasteiger partial charge is 0.330 e. The number of rotatable bonds is 9. The lowest BCUT2D eigenvalue weighted by Crippen LogP contribution is -2.34. The molecule has 2 N–H and O–H groups in total. The molecule has 2 aromatic rings. The van der Waals surface area contributed by atoms with E-state index in [1.807, 2.05) is 13.1 Å². The average Bonchev–Trinajstić information content (AvgIpc) is 2.78. The van der Waals surface area contributed by atoms with Crippen molar-refractivity contribution in [3.05, 3.63) is 53.3 Å². The van der Waals surface area contributed by atoms with Crippen molar-refractivity contribution in [2.24, 2.45) is 5.92 Å². The molecule has 7 nitrogen and oxygen atoms in total. The van der Waals surface area contributed by atoms with Crippen molar-refractivity contribution in [3.63, 3.8) is 0 Å². The van der Waals surface area contributed by atoms with Gasteiger partial charge in [-0.3, -0.25) is 0 Å². The number of nitriles is 1. The fourth-order valence-corrected chi connectivity index (χ4v) is 3.86. The second-order valence-corrected chi connectivity index (χ2v) is 7.94. The normalized spacial score (nSPS) is 17.2. The Labute approximate surface area is 187 Å². The minimum atomic E-state index is -1.37. The third-order valence-corrected chi connectivity index (χ3v) is 5.43. The van der Waals surface area contributed by atoms with Gasteiger partial charge in [-0.1, -0.05) is 0 Å². The van der Waals surface area contributed by atoms with E-state index in [2.05, 4.69) is 10.2 Å². The Morgan fingerprint density at radius 3 is 2.72 bits per heavy atom. The maximum Gasteiger partial charge on any atom is 0.330 e. The summed E-state index contributed by atoms with van der Waals surface area (Å²) in [6.45, 7) is 4.40. The number of carboxylic acids is 1. The number of nitrogens with one attached hydrogen (secondary N) is 1. The van der Waals surface area contributed by atoms with Gasteiger partial charge in [-0.2, -0.15) is 5.26 Å². The largest absolute Gasteiger partial charge is 0.494 e. The van der Waals surface area contributed by atoms with Crippen molar-refractivity contribution in [1.29, 1.82) is 5.26 Å². The second kappa shape index (κ2) is 10.8. The Morgan fingerprint density at radius 1 is 1.34 bits per heavy atom. The van der Waals surface area contributed by atoms with Crippen LogP contribution in [0.2, 0.25) is 0 Å². The molecule has 2 atom stereocenters. The van der Waals surface area contributed by atoms with Crippen LogP contribution in [0.3, 0.4) is 0 Å². The zero-order valence-electron chi connectivity index (χ0n) is 18.3. The molecule has 3 rings (SSSR count). The third-order valence-electron chi connectivity index (χ3n) is 5.43. The first kappa shape index (κ1) is 23.4. The van der Waals surface area contributed by atoms with Gasteiger partial charge in [0.2, 0.25) is 0 Å². The van der Waals surface area contributed by atoms with Crippen LogP contribution in [0.15, 0.2) is 36.4 Å². The molecule has 2 unspecified atom stereocenters. The zero-order valence-corrected chi connectivity index (χ0v) is 18.3. The number of hydrogen-bond acceptors (Lipinski definition) is 6. The van der Waals surface area contributed by atoms with Gasteiger partial charge in [-0.05, 0) is 63.7 Å². The first-order valence-electron chi connectivity index (χ1n) is 10.7. The molecule has 170 valence electrons. The Bertz CT molecular complexity index is 974. The quantitative estimate of drug-likeness (QED) is 0.606. The Morgan fingerprint density at radius 2 is 2.09 bits per heavy atom. The van der Waals surface area contributed by atoms with E-state index < -0.39 is 17.8 Å². The van der Waals surface area contributed by atoms with Crippen LogP contribution in [0, 0.1) is 23.1 Å². The van der Waals surface area contributed by atoms with Crippen LogP contribution in [-0.4, -0.2) is 49.3 Å². The number of aliphatic carboxylic acids is 1. The van der Waals surface area contributed by atoms with Crippen molar-refractivity contribution >= 4 is 11.7 Å². The van der Waals surface area contributed by atoms with E-state index in [9.17, 15) is 9.90 Å². The molecule has 1 aliphatic rings. The number of carbonyl (C=O) groups is 1. The first-order chi connectivity index (χ1) is 15.4. The van der Waals surface area contributed by atoms with E-state index in [1.165, 1.54) is 12.1 Å². The highest BCUT2D eigenvalue weighted by molar-refractivity contribution is 5.80. The van der Waals surface area contributed by atoms with Gasteiger partial charge in [-0.25, -0.2) is 9.18 Å². The maximum absolute atomic E-state index is 15.4. The predicted molar refractivity (Wildman–Crippen MR) is 118 cm³/mol. The summed E-state index contributed by atoms with van der Waals surface area (Å²) in [4.78, 5) is 14.3. The first-order valence-corrected chi connectivity index (χ1v) is 10.7. The van der Waals surface area contributed by atoms with Gasteiger partial charge in [0.05, 0.1) is 24.8 Å². The number of ether oxygens (including phenoxy) is 2. The molecule has 1 fully saturated rings. The van der Waals surface area contributed by atoms with Crippen molar-refractivity contribution in [2.45, 2.75) is 25.8 Å². The average molecular weight is 442 g/mol. The predicted octanol–water partition coefficient (Wildman–Crippen LogP) is 4.05. The SMILES string of the molecule is CCOc1cc(OCC2CCCN(C)C2)c(F)c(C(Nc2ccc(C#N)cc2)C(=O)O)c1. The van der Waals surface area contributed by atoms with E-state index in [0.29, 0.717) is 30.2 Å². The molecule has 0 radical (unpaired) electrons. The van der Waals surface area contributed by atoms with E-state index >= 15 is 4.39 Å². The molecule has 0 aromatic heterocycles. The number of nitrogens with zero attached hydrogens (tertiary/aromatic N) is 2. The van der Waals surface area contributed by atoms with Crippen LogP contribution in [0.25, 0.3) is 0 Å². The number of likely N-dealkylation sites (tertiary alicyclic amines) is 1. The van der Waals surface area contributed by atoms with Crippen LogP contribution in [-0.2, 0) is 4.79 Å². The Kier molecular flexibility index (Phi) is 7.90. The highest BCUT2D eigenvalue weighted by Crippen LogP contribution is 2.34. The summed E-state index contributed by atoms with van der Waals surface area (Å²) in [6, 6.07) is 9.76. The highest BCUT2D eigenvalue weighted by atomic mass is 19.1. The monoisotopic (exact) mass is 441 g/mol. The van der Waals surface area contributed by atoms with Crippen LogP contribution in [0.5, 0.6) is 11.5 Å². The second-order valence-electron chi connectivity index (χ2n) is 7.94. The molecular formula is C24H28FN3O4. The van der Waals surface area contributed by atoms with Crippen molar-refractivity contribution in [3.8, 4) is 17.6 Å². The number of piperidine rings is 1. The van der Waals surface area contributed by atoms with Gasteiger partial charge < -0.3 is 24.8 Å². The summed E-state index contributed by atoms with van der Waals surface area (Å²) in [7, 11) is 2.05. The Balaban J connectivity index is 1.87. The molecule has 2 aromatic carbocycles. The summed E-state index contributed by atoms with van der Waals surface area (Å²) >= 11 is 0. The number of hydrogen-bond donors (Lipinski definition) is 2. The molecule has 0 spiro atoms. The lowest BCUT2D eigenvalue weighted by Gasteiger charge is -2.29. The van der Waals surface area contributed by atoms with Gasteiger partial charge in [0.15, 0.2) is 17.6 Å². The van der Waals surface area contributed by atoms with E-state index in [4.69, 9.17) is 14.7 Å². The third kappa shape index (κ3) is 5.89. The molecular weight excluding hydrogens is 413 g/mol. The molecule has 1 heterocycles. The van der Waals surface area contributed by atoms with E-state index in [-0.39, 0.29) is 17.2 Å². The van der Waals surface area contributed by atoms with Crippen molar-refractivity contribution in [1.82, 2.24) is 4.90 Å². The summed E-state index contributed by atoms with van der Waals surface area (Å²) in [5, 5.41) is 21.6. The molecule has 1 saturated heterocycles. The summed E-state index contributed by atoms with van der Waals surface area (Å²) in [5.74, 6) is -1.38. The summed E-state index contributed by atoms with van der Waals surface area (Å²) < 4.78 is 26.8. The standard InChI is InChI=1S/C24H28FN3O4/c1-3-31-19-11-20(23(24(29)30)27-18-8-6-16(13-26)7-9-18)22(25)21(12-19)32-15-17-5-4-10-28(2)14-17/h6-9,11-12,17,23,27H,3-5,10,14-15H2,1-2H3,(H,29,30). The van der Waals surface area contributed by atoms with Gasteiger partial charge >= 0.3 is 5.97 Å². The van der Waals surface area contributed by atoms with E-state index in [0.717, 1.165) is 25.9 Å². The van der Waals surface area contributed by atoms with Crippen molar-refractivity contribution in [2.75, 3.05) is 38.7 Å². The van der Waals surface area contributed by atoms with Gasteiger partial charge in [0, 0.05) is 29.8 Å². The van der Waals surface area contributed by atoms with Gasteiger partial charge in [0.25, 0.3) is 0 Å². The molecule has 0 saturated carbocycles. The highest BCUT2D eigenvalue weighted by Gasteiger charge is 2.27. The molecule has 8 heteroatoms. The summed E-state index contributed by atoms with van der Waals surface area (Å²) in [6.07, 6.45) is 2.06. The fraction of sp³-hybridized carbons (Fsp3) is 0.417. The molecule has 0 aliphatic carbocycles. The van der Waals surface area contributed by atoms with E-state index in [1.54, 1.807) is 31.2 Å². The topological polar surface area (TPSA) is 94.8 Å². The fourth-order valence-electron chi connectivity index (χ4n) is 3.86. The van der Waals surface area contributed by atoms with Gasteiger partial charge in [0.1, 0.15) is 5.75 Å². The lowest BCUT2D eigenvalue weighted by molar-refractivity contribution is -0.138. The summed E-state index contributed by atoms with van der Waals surface area (Å²) in [5.41, 5.74) is 0.810. The van der Waals surface area contributed by atoms with Crippen LogP contribution in [0.4, 0.5) is 10.1 Å². The minimum Gasteiger partial charge on any atom is -0.494 e. The molecule has 32 heavy (non-hydrogen) atoms. The number of halogens is 1. The van der Waals surface area contributed by atoms with Crippen LogP contribution < -0.4 is 14.8 Å². The molecule has 1 aliphatic heterocycles. The van der Waals surface area contributed by atoms with Crippen LogP contribution in [0.1, 0.15) is 36.9 Å². The molecule has 0 bridgehead atoms. The zero-order chi connectivity index (χ0) is 23.1. The number of carboxylic acid groups (broad SMARTS) is 1. The number of benzene rings is 2. The lowest BCUT2D eigenvalue weighted by atomic mass is 9.99. The Hall–Kier alpha value is -3.31. The maximum atomic E-state index is 15.4. The van der Waals surface area contributed by atoms with Gasteiger partial charge in [-0.15, -0.1) is 0 Å². The number of anilines is 1.